The van der Waals surface area contributed by atoms with Crippen LogP contribution in [0.5, 0.6) is 5.75 Å². The summed E-state index contributed by atoms with van der Waals surface area (Å²) in [5.41, 5.74) is 5.43. The lowest BCUT2D eigenvalue weighted by molar-refractivity contribution is -0.192. The fourth-order valence-corrected chi connectivity index (χ4v) is 5.24. The number of rotatable bonds is 6. The van der Waals surface area contributed by atoms with E-state index >= 15 is 0 Å². The maximum absolute atomic E-state index is 14.5. The molecule has 1 heterocycles. The second kappa shape index (κ2) is 12.9. The van der Waals surface area contributed by atoms with Crippen LogP contribution < -0.4 is 15.2 Å². The first kappa shape index (κ1) is 30.1. The quantitative estimate of drug-likeness (QED) is 0.452. The van der Waals surface area contributed by atoms with Crippen molar-refractivity contribution in [2.24, 2.45) is 11.7 Å². The van der Waals surface area contributed by atoms with E-state index in [9.17, 15) is 30.8 Å². The molecule has 1 aromatic rings. The van der Waals surface area contributed by atoms with Crippen LogP contribution in [-0.4, -0.2) is 61.6 Å². The topological polar surface area (TPSA) is 139 Å². The highest BCUT2D eigenvalue weighted by Crippen LogP contribution is 2.31. The number of carbonyl (C=O) groups excluding carboxylic acids is 1. The minimum Gasteiger partial charge on any atom is -0.492 e. The number of amides is 1. The number of carboxylic acids is 1. The Balaban J connectivity index is 0.000000572. The van der Waals surface area contributed by atoms with E-state index in [1.54, 1.807) is 0 Å². The Morgan fingerprint density at radius 2 is 1.75 bits per heavy atom. The van der Waals surface area contributed by atoms with Crippen molar-refractivity contribution < 1.29 is 45.4 Å². The number of carbonyl (C=O) groups is 2. The van der Waals surface area contributed by atoms with Crippen molar-refractivity contribution >= 4 is 33.7 Å². The number of nitrogens with one attached hydrogen (secondary N) is 1. The van der Waals surface area contributed by atoms with Gasteiger partial charge in [0, 0.05) is 25.2 Å². The number of nitrogens with zero attached hydrogens (tertiary/aromatic N) is 1. The Bertz CT molecular complexity index is 1040. The summed E-state index contributed by atoms with van der Waals surface area (Å²) in [5, 5.41) is 7.18. The molecule has 3 rings (SSSR count). The number of nitrogens with two attached hydrogens (primary N) is 1. The second-order valence-corrected chi connectivity index (χ2v) is 10.7. The lowest BCUT2D eigenvalue weighted by Gasteiger charge is -2.22. The van der Waals surface area contributed by atoms with Crippen molar-refractivity contribution in [3.8, 4) is 5.75 Å². The molecule has 2 aliphatic rings. The molecule has 9 nitrogen and oxygen atoms in total. The van der Waals surface area contributed by atoms with Crippen LogP contribution in [0.15, 0.2) is 12.1 Å². The van der Waals surface area contributed by atoms with Crippen molar-refractivity contribution in [3.63, 3.8) is 0 Å². The number of benzene rings is 1. The summed E-state index contributed by atoms with van der Waals surface area (Å²) in [5.74, 6) is -4.16. The van der Waals surface area contributed by atoms with Gasteiger partial charge in [-0.05, 0) is 37.7 Å². The van der Waals surface area contributed by atoms with E-state index in [0.717, 1.165) is 48.5 Å². The molecular formula is C21H28ClF4N3O6S. The van der Waals surface area contributed by atoms with E-state index in [4.69, 9.17) is 32.0 Å². The Morgan fingerprint density at radius 1 is 1.17 bits per heavy atom. The van der Waals surface area contributed by atoms with Crippen LogP contribution in [0.4, 0.5) is 17.6 Å². The summed E-state index contributed by atoms with van der Waals surface area (Å²) >= 11 is 6.14. The molecule has 0 radical (unpaired) electrons. The standard InChI is InChI=1S/C19H27ClFN3O4S.C2HF3O2/c20-16-9-15(17(21)10-18(16)28-12-13-5-1-2-6-13)19(25)23-29(26,27)24-8-4-3-7-14(22)11-24;3-2(4,5)1(6)7/h9-10,13-14H,1-8,11-12,22H2,(H,23,25);(H,6,7)/t14-;/m0./s1. The molecule has 0 bridgehead atoms. The third-order valence-corrected chi connectivity index (χ3v) is 7.44. The molecular weight excluding hydrogens is 534 g/mol. The predicted octanol–water partition coefficient (Wildman–Crippen LogP) is 3.47. The first-order chi connectivity index (χ1) is 16.7. The minimum atomic E-state index is -5.08. The first-order valence-corrected chi connectivity index (χ1v) is 13.0. The summed E-state index contributed by atoms with van der Waals surface area (Å²) in [4.78, 5) is 21.3. The third-order valence-electron chi connectivity index (χ3n) is 5.69. The molecule has 1 aromatic carbocycles. The van der Waals surface area contributed by atoms with Gasteiger partial charge in [-0.3, -0.25) is 4.79 Å². The van der Waals surface area contributed by atoms with Gasteiger partial charge in [0.1, 0.15) is 11.6 Å². The van der Waals surface area contributed by atoms with Crippen molar-refractivity contribution in [3.05, 3.63) is 28.5 Å². The molecule has 15 heteroatoms. The Labute approximate surface area is 211 Å². The van der Waals surface area contributed by atoms with E-state index in [0.29, 0.717) is 25.4 Å². The van der Waals surface area contributed by atoms with Crippen LogP contribution in [0.1, 0.15) is 55.3 Å². The smallest absolute Gasteiger partial charge is 0.490 e. The van der Waals surface area contributed by atoms with E-state index in [1.807, 2.05) is 4.72 Å². The fraction of sp³-hybridized carbons (Fsp3) is 0.619. The van der Waals surface area contributed by atoms with Gasteiger partial charge < -0.3 is 15.6 Å². The number of carboxylic acid groups (broad SMARTS) is 1. The van der Waals surface area contributed by atoms with Crippen molar-refractivity contribution in [2.75, 3.05) is 19.7 Å². The van der Waals surface area contributed by atoms with E-state index < -0.39 is 39.6 Å². The lowest BCUT2D eigenvalue weighted by Crippen LogP contribution is -2.47. The number of ether oxygens (including phenoxy) is 1. The predicted molar refractivity (Wildman–Crippen MR) is 122 cm³/mol. The van der Waals surface area contributed by atoms with E-state index in [1.165, 1.54) is 0 Å². The van der Waals surface area contributed by atoms with Gasteiger partial charge in [0.2, 0.25) is 0 Å². The Hall–Kier alpha value is -2.16. The molecule has 204 valence electrons. The maximum atomic E-state index is 14.5. The molecule has 0 unspecified atom stereocenters. The van der Waals surface area contributed by atoms with Crippen LogP contribution in [0.3, 0.4) is 0 Å². The molecule has 0 spiro atoms. The van der Waals surface area contributed by atoms with Gasteiger partial charge in [0.05, 0.1) is 17.2 Å². The highest BCUT2D eigenvalue weighted by atomic mass is 35.5. The molecule has 36 heavy (non-hydrogen) atoms. The average Bonchev–Trinajstić information content (AvgIpc) is 3.19. The Morgan fingerprint density at radius 3 is 2.33 bits per heavy atom. The maximum Gasteiger partial charge on any atom is 0.490 e. The van der Waals surface area contributed by atoms with Gasteiger partial charge in [0.15, 0.2) is 0 Å². The number of alkyl halides is 3. The van der Waals surface area contributed by atoms with Gasteiger partial charge in [-0.15, -0.1) is 0 Å². The summed E-state index contributed by atoms with van der Waals surface area (Å²) < 4.78 is 80.0. The minimum absolute atomic E-state index is 0.0590. The molecule has 2 fully saturated rings. The second-order valence-electron chi connectivity index (χ2n) is 8.58. The summed E-state index contributed by atoms with van der Waals surface area (Å²) in [7, 11) is -4.14. The highest BCUT2D eigenvalue weighted by Gasteiger charge is 2.38. The van der Waals surface area contributed by atoms with Gasteiger partial charge in [-0.1, -0.05) is 30.9 Å². The average molecular weight is 562 g/mol. The summed E-state index contributed by atoms with van der Waals surface area (Å²) in [6.07, 6.45) is 1.55. The number of hydrogen-bond donors (Lipinski definition) is 3. The van der Waals surface area contributed by atoms with Crippen LogP contribution >= 0.6 is 11.6 Å². The molecule has 1 aliphatic carbocycles. The lowest BCUT2D eigenvalue weighted by atomic mass is 10.1. The third kappa shape index (κ3) is 9.05. The van der Waals surface area contributed by atoms with Crippen molar-refractivity contribution in [1.29, 1.82) is 0 Å². The van der Waals surface area contributed by atoms with E-state index in [2.05, 4.69) is 0 Å². The molecule has 4 N–H and O–H groups in total. The molecule has 0 aromatic heterocycles. The highest BCUT2D eigenvalue weighted by molar-refractivity contribution is 7.87. The summed E-state index contributed by atoms with van der Waals surface area (Å²) in [6.45, 7) is 0.807. The zero-order valence-corrected chi connectivity index (χ0v) is 20.8. The fourth-order valence-electron chi connectivity index (χ4n) is 3.79. The summed E-state index contributed by atoms with van der Waals surface area (Å²) in [6, 6.07) is 1.83. The monoisotopic (exact) mass is 561 g/mol. The molecule has 1 aliphatic heterocycles. The van der Waals surface area contributed by atoms with Gasteiger partial charge in [-0.2, -0.15) is 25.9 Å². The van der Waals surface area contributed by atoms with Crippen LogP contribution in [0, 0.1) is 11.7 Å². The molecule has 1 amide bonds. The van der Waals surface area contributed by atoms with Crippen molar-refractivity contribution in [2.45, 2.75) is 57.2 Å². The van der Waals surface area contributed by atoms with Gasteiger partial charge >= 0.3 is 22.4 Å². The zero-order chi connectivity index (χ0) is 27.1. The Kier molecular flexibility index (Phi) is 10.8. The normalized spacial score (nSPS) is 19.7. The van der Waals surface area contributed by atoms with Gasteiger partial charge in [0.25, 0.3) is 5.91 Å². The first-order valence-electron chi connectivity index (χ1n) is 11.2. The molecule has 1 saturated heterocycles. The number of aliphatic carboxylic acids is 1. The van der Waals surface area contributed by atoms with Crippen LogP contribution in [0.2, 0.25) is 5.02 Å². The zero-order valence-electron chi connectivity index (χ0n) is 19.2. The largest absolute Gasteiger partial charge is 0.492 e. The van der Waals surface area contributed by atoms with Crippen LogP contribution in [-0.2, 0) is 15.0 Å². The van der Waals surface area contributed by atoms with Crippen LogP contribution in [0.25, 0.3) is 0 Å². The van der Waals surface area contributed by atoms with E-state index in [-0.39, 0.29) is 29.9 Å². The molecule has 1 atom stereocenters. The number of hydrogen-bond acceptors (Lipinski definition) is 6. The molecule has 1 saturated carbocycles. The van der Waals surface area contributed by atoms with Gasteiger partial charge in [-0.25, -0.2) is 13.9 Å². The van der Waals surface area contributed by atoms with Crippen molar-refractivity contribution in [1.82, 2.24) is 9.03 Å². The SMILES string of the molecule is N[C@H]1CCCCN(S(=O)(=O)NC(=O)c2cc(Cl)c(OCC3CCCC3)cc2F)C1.O=C(O)C(F)(F)F. The number of halogens is 5.